The summed E-state index contributed by atoms with van der Waals surface area (Å²) in [5.74, 6) is 1.44. The van der Waals surface area contributed by atoms with E-state index >= 15 is 0 Å². The lowest BCUT2D eigenvalue weighted by molar-refractivity contribution is -0.143. The molecule has 2 rings (SSSR count). The molecule has 2 aromatic rings. The van der Waals surface area contributed by atoms with Crippen LogP contribution in [0.15, 0.2) is 24.3 Å². The van der Waals surface area contributed by atoms with Gasteiger partial charge < -0.3 is 19.7 Å². The molecule has 0 atom stereocenters. The minimum absolute atomic E-state index is 0. The van der Waals surface area contributed by atoms with Crippen LogP contribution in [-0.4, -0.2) is 46.9 Å². The van der Waals surface area contributed by atoms with Gasteiger partial charge in [0.1, 0.15) is 24.7 Å². The van der Waals surface area contributed by atoms with Gasteiger partial charge >= 0.3 is 11.9 Å². The maximum Gasteiger partial charge on any atom is 0.306 e. The van der Waals surface area contributed by atoms with Crippen LogP contribution in [0, 0.1) is 0 Å². The number of benzene rings is 2. The monoisotopic (exact) mass is 658 g/mol. The molecule has 0 radical (unpaired) electrons. The summed E-state index contributed by atoms with van der Waals surface area (Å²) >= 11 is 1.58. The van der Waals surface area contributed by atoms with Crippen molar-refractivity contribution in [2.45, 2.75) is 138 Å². The van der Waals surface area contributed by atoms with Gasteiger partial charge in [-0.3, -0.25) is 9.59 Å². The Morgan fingerprint density at radius 1 is 0.565 bits per heavy atom. The van der Waals surface area contributed by atoms with Crippen molar-refractivity contribution < 1.29 is 29.3 Å². The number of ether oxygens (including phenoxy) is 2. The van der Waals surface area contributed by atoms with Crippen LogP contribution in [0.4, 0.5) is 0 Å². The van der Waals surface area contributed by atoms with Gasteiger partial charge in [0.25, 0.3) is 0 Å². The predicted molar refractivity (Wildman–Crippen MR) is 194 cm³/mol. The van der Waals surface area contributed by atoms with Crippen LogP contribution in [0.2, 0.25) is 0 Å². The molecule has 0 unspecified atom stereocenters. The first-order chi connectivity index (χ1) is 20.5. The summed E-state index contributed by atoms with van der Waals surface area (Å²) in [5.41, 5.74) is 4.73. The average Bonchev–Trinajstić information content (AvgIpc) is 2.88. The highest BCUT2D eigenvalue weighted by Crippen LogP contribution is 2.41. The maximum absolute atomic E-state index is 12.4. The summed E-state index contributed by atoms with van der Waals surface area (Å²) in [6.45, 7) is 25.5. The quantitative estimate of drug-likeness (QED) is 0.173. The number of aromatic hydroxyl groups is 2. The fraction of sp³-hybridized carbons (Fsp3) is 0.641. The molecule has 2 N–H and O–H groups in total. The smallest absolute Gasteiger partial charge is 0.306 e. The Kier molecular flexibility index (Phi) is 14.8. The number of phenolic OH excluding ortho intramolecular Hbond substituents is 2. The topological polar surface area (TPSA) is 93.1 Å². The Bertz CT molecular complexity index is 1140. The summed E-state index contributed by atoms with van der Waals surface area (Å²) in [6.07, 6.45) is 1.65. The van der Waals surface area contributed by atoms with Gasteiger partial charge in [0.05, 0.1) is 0 Å². The number of hydrogen-bond donors (Lipinski definition) is 2. The molecule has 0 spiro atoms. The number of rotatable bonds is 12. The van der Waals surface area contributed by atoms with Crippen LogP contribution in [-0.2, 0) is 53.6 Å². The number of aryl methyl sites for hydroxylation is 2. The second kappa shape index (κ2) is 16.4. The number of hydrogen-bond acceptors (Lipinski definition) is 7. The van der Waals surface area contributed by atoms with Crippen molar-refractivity contribution in [2.75, 3.05) is 24.7 Å². The highest BCUT2D eigenvalue weighted by atomic mass is 32.2. The van der Waals surface area contributed by atoms with Gasteiger partial charge in [-0.15, -0.1) is 0 Å². The molecule has 0 saturated heterocycles. The van der Waals surface area contributed by atoms with Crippen molar-refractivity contribution in [1.82, 2.24) is 0 Å². The second-order valence-corrected chi connectivity index (χ2v) is 17.4. The van der Waals surface area contributed by atoms with Crippen molar-refractivity contribution in [1.29, 1.82) is 0 Å². The molecule has 0 heterocycles. The van der Waals surface area contributed by atoms with Crippen LogP contribution >= 0.6 is 11.8 Å². The van der Waals surface area contributed by atoms with Crippen LogP contribution in [0.1, 0.15) is 137 Å². The Morgan fingerprint density at radius 3 is 1.07 bits per heavy atom. The van der Waals surface area contributed by atoms with Crippen LogP contribution in [0.3, 0.4) is 0 Å². The minimum atomic E-state index is -0.247. The number of carbonyl (C=O) groups is 2. The molecule has 0 aliphatic carbocycles. The Morgan fingerprint density at radius 2 is 0.826 bits per heavy atom. The van der Waals surface area contributed by atoms with Crippen molar-refractivity contribution in [2.24, 2.45) is 0 Å². The van der Waals surface area contributed by atoms with E-state index in [1.54, 1.807) is 11.8 Å². The molecule has 0 aromatic heterocycles. The van der Waals surface area contributed by atoms with Gasteiger partial charge in [-0.2, -0.15) is 11.8 Å². The summed E-state index contributed by atoms with van der Waals surface area (Å²) in [4.78, 5) is 24.8. The second-order valence-electron chi connectivity index (χ2n) is 16.1. The van der Waals surface area contributed by atoms with E-state index in [0.29, 0.717) is 49.1 Å². The molecule has 0 aliphatic rings. The molecule has 0 bridgehead atoms. The zero-order chi connectivity index (χ0) is 34.4. The van der Waals surface area contributed by atoms with Crippen molar-refractivity contribution in [3.63, 3.8) is 0 Å². The van der Waals surface area contributed by atoms with E-state index in [9.17, 15) is 19.8 Å². The fourth-order valence-electron chi connectivity index (χ4n) is 5.13. The van der Waals surface area contributed by atoms with Crippen LogP contribution in [0.5, 0.6) is 11.5 Å². The van der Waals surface area contributed by atoms with E-state index in [0.717, 1.165) is 33.4 Å². The molecule has 2 aromatic carbocycles. The molecule has 6 nitrogen and oxygen atoms in total. The zero-order valence-corrected chi connectivity index (χ0v) is 30.7. The third-order valence-corrected chi connectivity index (χ3v) is 8.70. The van der Waals surface area contributed by atoms with E-state index in [1.165, 1.54) is 0 Å². The summed E-state index contributed by atoms with van der Waals surface area (Å²) < 4.78 is 10.9. The van der Waals surface area contributed by atoms with Gasteiger partial charge in [0.2, 0.25) is 0 Å². The summed E-state index contributed by atoms with van der Waals surface area (Å²) in [7, 11) is 0. The molecule has 0 aliphatic heterocycles. The Balaban J connectivity index is 0.0000106. The molecule has 7 heteroatoms. The van der Waals surface area contributed by atoms with E-state index < -0.39 is 0 Å². The van der Waals surface area contributed by atoms with Crippen LogP contribution in [0.25, 0.3) is 0 Å². The molecular weight excluding hydrogens is 596 g/mol. The molecular formula is C39H62O6S. The fourth-order valence-corrected chi connectivity index (χ4v) is 5.74. The lowest BCUT2D eigenvalue weighted by atomic mass is 9.78. The highest BCUT2D eigenvalue weighted by molar-refractivity contribution is 7.99. The first-order valence-corrected chi connectivity index (χ1v) is 17.3. The predicted octanol–water partition coefficient (Wildman–Crippen LogP) is 9.31. The normalized spacial score (nSPS) is 12.4. The van der Waals surface area contributed by atoms with E-state index in [1.807, 2.05) is 24.3 Å². The van der Waals surface area contributed by atoms with Gasteiger partial charge in [-0.05, 0) is 67.9 Å². The lowest BCUT2D eigenvalue weighted by Crippen LogP contribution is -2.18. The third-order valence-electron chi connectivity index (χ3n) is 7.79. The number of carbonyl (C=O) groups excluding carboxylic acids is 2. The maximum atomic E-state index is 12.4. The van der Waals surface area contributed by atoms with Gasteiger partial charge in [-0.25, -0.2) is 0 Å². The zero-order valence-electron chi connectivity index (χ0n) is 29.9. The molecule has 260 valence electrons. The number of thioether (sulfide) groups is 1. The minimum Gasteiger partial charge on any atom is -0.507 e. The third kappa shape index (κ3) is 12.5. The average molecular weight is 659 g/mol. The van der Waals surface area contributed by atoms with Crippen molar-refractivity contribution in [3.05, 3.63) is 57.6 Å². The highest BCUT2D eigenvalue weighted by Gasteiger charge is 2.28. The first kappa shape index (κ1) is 41.4. The summed E-state index contributed by atoms with van der Waals surface area (Å²) in [5, 5.41) is 21.8. The Hall–Kier alpha value is -2.67. The van der Waals surface area contributed by atoms with E-state index in [-0.39, 0.29) is 53.9 Å². The van der Waals surface area contributed by atoms with Gasteiger partial charge in [-0.1, -0.05) is 115 Å². The first-order valence-electron chi connectivity index (χ1n) is 16.1. The van der Waals surface area contributed by atoms with Crippen molar-refractivity contribution >= 4 is 23.7 Å². The van der Waals surface area contributed by atoms with Crippen LogP contribution < -0.4 is 0 Å². The standard InChI is InChI=1S/C38H58O6S.CH4/c1-35(2,3)27-21-25(22-28(33(27)41)36(4,5)6)13-15-31(39)43-17-19-45-20-18-44-32(40)16-14-26-23-29(37(7,8)9)34(42)30(24-26)38(10,11)12;/h21-24,41-42H,13-20H2,1-12H3;1H4. The number of esters is 2. The van der Waals surface area contributed by atoms with E-state index in [4.69, 9.17) is 9.47 Å². The number of phenols is 2. The van der Waals surface area contributed by atoms with Gasteiger partial charge in [0, 0.05) is 24.3 Å². The summed E-state index contributed by atoms with van der Waals surface area (Å²) in [6, 6.07) is 8.02. The molecule has 46 heavy (non-hydrogen) atoms. The SMILES string of the molecule is C.CC(C)(C)c1cc(CCC(=O)OCCSCCOC(=O)CCc2cc(C(C)(C)C)c(O)c(C(C)(C)C)c2)cc(C(C)(C)C)c1O. The lowest BCUT2D eigenvalue weighted by Gasteiger charge is -2.28. The van der Waals surface area contributed by atoms with Crippen molar-refractivity contribution in [3.8, 4) is 11.5 Å². The molecule has 0 fully saturated rings. The molecule has 0 saturated carbocycles. The Labute approximate surface area is 284 Å². The molecule has 0 amide bonds. The largest absolute Gasteiger partial charge is 0.507 e. The van der Waals surface area contributed by atoms with Gasteiger partial charge in [0.15, 0.2) is 0 Å². The van der Waals surface area contributed by atoms with E-state index in [2.05, 4.69) is 83.1 Å².